The van der Waals surface area contributed by atoms with Crippen molar-refractivity contribution in [1.29, 1.82) is 0 Å². The van der Waals surface area contributed by atoms with Gasteiger partial charge in [-0.25, -0.2) is 0 Å². The summed E-state index contributed by atoms with van der Waals surface area (Å²) in [6.45, 7) is 8.03. The molecule has 0 bridgehead atoms. The SMILES string of the molecule is COc1ccc2c(c1)[C@@H](C1=C(O)CC(C)(C)CC1=O)C1=C(CC(C)(C)CC1=O)O2. The third-order valence-corrected chi connectivity index (χ3v) is 6.11. The van der Waals surface area contributed by atoms with Crippen molar-refractivity contribution in [2.24, 2.45) is 10.8 Å². The molecule has 0 unspecified atom stereocenters. The van der Waals surface area contributed by atoms with Crippen molar-refractivity contribution in [3.05, 3.63) is 46.4 Å². The first-order valence-corrected chi connectivity index (χ1v) is 10.1. The lowest BCUT2D eigenvalue weighted by molar-refractivity contribution is -0.119. The number of fused-ring (bicyclic) bond motifs is 1. The summed E-state index contributed by atoms with van der Waals surface area (Å²) in [5.74, 6) is 1.18. The van der Waals surface area contributed by atoms with E-state index in [1.54, 1.807) is 13.2 Å². The van der Waals surface area contributed by atoms with E-state index in [9.17, 15) is 14.7 Å². The third kappa shape index (κ3) is 3.37. The molecule has 1 heterocycles. The van der Waals surface area contributed by atoms with E-state index < -0.39 is 5.92 Å². The van der Waals surface area contributed by atoms with Crippen LogP contribution in [-0.2, 0) is 9.59 Å². The molecule has 3 aliphatic rings. The second-order valence-electron chi connectivity index (χ2n) is 10.0. The maximum atomic E-state index is 13.2. The summed E-state index contributed by atoms with van der Waals surface area (Å²) in [4.78, 5) is 26.4. The van der Waals surface area contributed by atoms with Gasteiger partial charge in [0.05, 0.1) is 13.0 Å². The van der Waals surface area contributed by atoms with Gasteiger partial charge in [0.25, 0.3) is 0 Å². The van der Waals surface area contributed by atoms with Crippen molar-refractivity contribution in [2.45, 2.75) is 59.3 Å². The highest BCUT2D eigenvalue weighted by molar-refractivity contribution is 6.06. The number of ketones is 2. The van der Waals surface area contributed by atoms with Gasteiger partial charge in [-0.1, -0.05) is 27.7 Å². The van der Waals surface area contributed by atoms with Crippen LogP contribution in [0.5, 0.6) is 11.5 Å². The fourth-order valence-corrected chi connectivity index (χ4v) is 4.88. The first-order chi connectivity index (χ1) is 13.5. The molecule has 0 radical (unpaired) electrons. The summed E-state index contributed by atoms with van der Waals surface area (Å²) in [5, 5.41) is 10.9. The molecule has 0 spiro atoms. The van der Waals surface area contributed by atoms with Gasteiger partial charge in [0.15, 0.2) is 11.6 Å². The van der Waals surface area contributed by atoms with Gasteiger partial charge in [-0.05, 0) is 29.0 Å². The predicted molar refractivity (Wildman–Crippen MR) is 109 cm³/mol. The molecule has 1 N–H and O–H groups in total. The lowest BCUT2D eigenvalue weighted by Gasteiger charge is -2.40. The van der Waals surface area contributed by atoms with E-state index in [0.29, 0.717) is 59.7 Å². The van der Waals surface area contributed by atoms with Gasteiger partial charge in [0.1, 0.15) is 23.0 Å². The molecule has 0 fully saturated rings. The molecule has 5 nitrogen and oxygen atoms in total. The molecule has 2 aliphatic carbocycles. The van der Waals surface area contributed by atoms with Gasteiger partial charge in [-0.15, -0.1) is 0 Å². The Labute approximate surface area is 171 Å². The molecule has 0 saturated heterocycles. The zero-order valence-electron chi connectivity index (χ0n) is 17.7. The van der Waals surface area contributed by atoms with Crippen molar-refractivity contribution >= 4 is 11.6 Å². The van der Waals surface area contributed by atoms with Crippen LogP contribution in [0, 0.1) is 10.8 Å². The van der Waals surface area contributed by atoms with Crippen LogP contribution >= 0.6 is 0 Å². The average molecular weight is 396 g/mol. The van der Waals surface area contributed by atoms with Crippen molar-refractivity contribution in [3.63, 3.8) is 0 Å². The number of hydrogen-bond donors (Lipinski definition) is 1. The van der Waals surface area contributed by atoms with Gasteiger partial charge >= 0.3 is 0 Å². The van der Waals surface area contributed by atoms with Crippen LogP contribution in [0.2, 0.25) is 0 Å². The Hall–Kier alpha value is -2.56. The van der Waals surface area contributed by atoms with E-state index in [1.807, 2.05) is 39.8 Å². The summed E-state index contributed by atoms with van der Waals surface area (Å²) in [5.41, 5.74) is 1.04. The van der Waals surface area contributed by atoms with Crippen molar-refractivity contribution in [2.75, 3.05) is 7.11 Å². The Kier molecular flexibility index (Phi) is 4.41. The van der Waals surface area contributed by atoms with Gasteiger partial charge in [-0.3, -0.25) is 9.59 Å². The maximum absolute atomic E-state index is 13.2. The number of aliphatic hydroxyl groups excluding tert-OH is 1. The minimum absolute atomic E-state index is 0.0207. The number of methoxy groups -OCH3 is 1. The number of benzene rings is 1. The number of rotatable bonds is 2. The Morgan fingerprint density at radius 1 is 0.966 bits per heavy atom. The van der Waals surface area contributed by atoms with Gasteiger partial charge in [0.2, 0.25) is 0 Å². The average Bonchev–Trinajstić information content (AvgIpc) is 2.57. The fourth-order valence-electron chi connectivity index (χ4n) is 4.88. The van der Waals surface area contributed by atoms with E-state index in [0.717, 1.165) is 0 Å². The van der Waals surface area contributed by atoms with Crippen molar-refractivity contribution in [1.82, 2.24) is 0 Å². The predicted octanol–water partition coefficient (Wildman–Crippen LogP) is 5.02. The van der Waals surface area contributed by atoms with Crippen molar-refractivity contribution in [3.8, 4) is 11.5 Å². The largest absolute Gasteiger partial charge is 0.512 e. The van der Waals surface area contributed by atoms with Crippen LogP contribution in [0.3, 0.4) is 0 Å². The van der Waals surface area contributed by atoms with E-state index in [1.165, 1.54) is 0 Å². The number of allylic oxidation sites excluding steroid dienone is 4. The lowest BCUT2D eigenvalue weighted by atomic mass is 9.66. The summed E-state index contributed by atoms with van der Waals surface area (Å²) in [6, 6.07) is 5.42. The van der Waals surface area contributed by atoms with Gasteiger partial charge in [-0.2, -0.15) is 0 Å². The van der Waals surface area contributed by atoms with Crippen LogP contribution in [0.1, 0.15) is 64.9 Å². The highest BCUT2D eigenvalue weighted by Crippen LogP contribution is 2.53. The molecule has 1 aliphatic heterocycles. The Morgan fingerprint density at radius 2 is 1.59 bits per heavy atom. The van der Waals surface area contributed by atoms with Crippen LogP contribution in [0.15, 0.2) is 40.9 Å². The zero-order valence-corrected chi connectivity index (χ0v) is 17.7. The molecule has 1 aromatic rings. The van der Waals surface area contributed by atoms with E-state index in [4.69, 9.17) is 9.47 Å². The van der Waals surface area contributed by atoms with E-state index in [-0.39, 0.29) is 28.2 Å². The second-order valence-corrected chi connectivity index (χ2v) is 10.0. The highest BCUT2D eigenvalue weighted by atomic mass is 16.5. The maximum Gasteiger partial charge on any atom is 0.163 e. The smallest absolute Gasteiger partial charge is 0.163 e. The third-order valence-electron chi connectivity index (χ3n) is 6.11. The van der Waals surface area contributed by atoms with Crippen molar-refractivity contribution < 1.29 is 24.2 Å². The zero-order chi connectivity index (χ0) is 21.1. The number of carbonyl (C=O) groups excluding carboxylic acids is 2. The summed E-state index contributed by atoms with van der Waals surface area (Å²) >= 11 is 0. The number of Topliss-reactive ketones (excluding diaryl/α,β-unsaturated/α-hetero) is 2. The van der Waals surface area contributed by atoms with Crippen LogP contribution in [0.4, 0.5) is 0 Å². The van der Waals surface area contributed by atoms with Crippen LogP contribution in [-0.4, -0.2) is 23.8 Å². The molecule has 0 saturated carbocycles. The topological polar surface area (TPSA) is 72.8 Å². The first-order valence-electron chi connectivity index (χ1n) is 10.1. The van der Waals surface area contributed by atoms with E-state index >= 15 is 0 Å². The molecule has 0 aromatic heterocycles. The van der Waals surface area contributed by atoms with Gasteiger partial charge < -0.3 is 14.6 Å². The first kappa shape index (κ1) is 19.7. The molecule has 0 amide bonds. The number of carbonyl (C=O) groups is 2. The highest BCUT2D eigenvalue weighted by Gasteiger charge is 2.46. The minimum atomic E-state index is -0.615. The molecule has 154 valence electrons. The second kappa shape index (κ2) is 6.48. The summed E-state index contributed by atoms with van der Waals surface area (Å²) in [6.07, 6.45) is 1.75. The molecule has 4 rings (SSSR count). The molecule has 1 atom stereocenters. The number of aliphatic hydroxyl groups is 1. The Morgan fingerprint density at radius 3 is 2.21 bits per heavy atom. The number of ether oxygens (including phenoxy) is 2. The molecule has 1 aromatic carbocycles. The lowest BCUT2D eigenvalue weighted by Crippen LogP contribution is -2.36. The van der Waals surface area contributed by atoms with E-state index in [2.05, 4.69) is 0 Å². The summed E-state index contributed by atoms with van der Waals surface area (Å²) < 4.78 is 11.5. The molecular weight excluding hydrogens is 368 g/mol. The normalized spacial score (nSPS) is 25.3. The van der Waals surface area contributed by atoms with Gasteiger partial charge in [0, 0.05) is 42.4 Å². The Bertz CT molecular complexity index is 977. The molecule has 29 heavy (non-hydrogen) atoms. The standard InChI is InChI=1S/C24H28O5/c1-23(2)9-15(25)21(16(26)10-23)20-14-8-13(28-5)6-7-18(14)29-19-12-24(3,4)11-17(27)22(19)20/h6-8,20,25H,9-12H2,1-5H3/t20-/m0/s1. The Balaban J connectivity index is 1.95. The summed E-state index contributed by atoms with van der Waals surface area (Å²) in [7, 11) is 1.57. The molecular formula is C24H28O5. The fraction of sp³-hybridized carbons (Fsp3) is 0.500. The van der Waals surface area contributed by atoms with Crippen LogP contribution in [0.25, 0.3) is 0 Å². The quantitative estimate of drug-likeness (QED) is 0.760. The number of hydrogen-bond acceptors (Lipinski definition) is 5. The molecule has 5 heteroatoms. The van der Waals surface area contributed by atoms with Crippen LogP contribution < -0.4 is 9.47 Å². The monoisotopic (exact) mass is 396 g/mol. The minimum Gasteiger partial charge on any atom is -0.512 e.